The highest BCUT2D eigenvalue weighted by Gasteiger charge is 2.18. The molecule has 0 saturated carbocycles. The second-order valence-electron chi connectivity index (χ2n) is 6.57. The van der Waals surface area contributed by atoms with Crippen LogP contribution in [0.25, 0.3) is 5.69 Å². The van der Waals surface area contributed by atoms with E-state index in [-0.39, 0.29) is 5.82 Å². The third kappa shape index (κ3) is 4.29. The molecule has 1 fully saturated rings. The smallest absolute Gasteiger partial charge is 0.123 e. The molecular weight excluding hydrogens is 402 g/mol. The van der Waals surface area contributed by atoms with E-state index in [4.69, 9.17) is 23.2 Å². The maximum Gasteiger partial charge on any atom is 0.123 e. The summed E-state index contributed by atoms with van der Waals surface area (Å²) in [6.45, 7) is 2.02. The molecule has 140 valence electrons. The molecule has 0 amide bonds. The Balaban J connectivity index is 1.73. The van der Waals surface area contributed by atoms with Gasteiger partial charge in [0.05, 0.1) is 10.7 Å². The predicted molar refractivity (Wildman–Crippen MR) is 115 cm³/mol. The minimum absolute atomic E-state index is 0.212. The number of thioether (sulfide) groups is 1. The van der Waals surface area contributed by atoms with E-state index in [2.05, 4.69) is 21.7 Å². The maximum absolute atomic E-state index is 13.2. The molecule has 0 N–H and O–H groups in total. The van der Waals surface area contributed by atoms with Crippen LogP contribution in [0.3, 0.4) is 0 Å². The Morgan fingerprint density at radius 3 is 2.37 bits per heavy atom. The molecule has 27 heavy (non-hydrogen) atoms. The summed E-state index contributed by atoms with van der Waals surface area (Å²) in [7, 11) is 0. The predicted octanol–water partition coefficient (Wildman–Crippen LogP) is 6.07. The van der Waals surface area contributed by atoms with Crippen molar-refractivity contribution in [3.63, 3.8) is 0 Å². The Labute approximate surface area is 172 Å². The Bertz CT molecular complexity index is 934. The van der Waals surface area contributed by atoms with Gasteiger partial charge in [-0.1, -0.05) is 35.3 Å². The minimum Gasteiger partial charge on any atom is -0.356 e. The van der Waals surface area contributed by atoms with Crippen LogP contribution >= 0.6 is 35.0 Å². The Morgan fingerprint density at radius 2 is 1.67 bits per heavy atom. The number of halogens is 3. The molecule has 1 aliphatic rings. The summed E-state index contributed by atoms with van der Waals surface area (Å²) in [5, 5.41) is 1.25. The molecule has 0 atom stereocenters. The van der Waals surface area contributed by atoms with Crippen LogP contribution in [-0.2, 0) is 6.42 Å². The van der Waals surface area contributed by atoms with Crippen LogP contribution in [0.5, 0.6) is 0 Å². The highest BCUT2D eigenvalue weighted by Crippen LogP contribution is 2.32. The third-order valence-electron chi connectivity index (χ3n) is 4.68. The maximum atomic E-state index is 13.2. The molecule has 2 aromatic carbocycles. The second-order valence-corrected chi connectivity index (χ2v) is 8.64. The largest absolute Gasteiger partial charge is 0.356 e. The molecule has 2 heterocycles. The Hall–Kier alpha value is -1.62. The zero-order valence-corrected chi connectivity index (χ0v) is 17.0. The van der Waals surface area contributed by atoms with E-state index in [1.807, 2.05) is 36.0 Å². The summed E-state index contributed by atoms with van der Waals surface area (Å²) >= 11 is 14.6. The molecule has 0 spiro atoms. The van der Waals surface area contributed by atoms with Crippen molar-refractivity contribution in [1.82, 2.24) is 4.57 Å². The molecule has 1 saturated heterocycles. The number of aromatic nitrogens is 1. The van der Waals surface area contributed by atoms with Gasteiger partial charge in [0, 0.05) is 35.8 Å². The van der Waals surface area contributed by atoms with Crippen LogP contribution in [-0.4, -0.2) is 29.2 Å². The van der Waals surface area contributed by atoms with E-state index in [1.165, 1.54) is 17.7 Å². The van der Waals surface area contributed by atoms with Crippen molar-refractivity contribution in [1.29, 1.82) is 0 Å². The molecule has 0 aliphatic carbocycles. The average Bonchev–Trinajstić information content (AvgIpc) is 3.08. The standard InChI is InChI=1S/C21H19Cl2FN2S/c22-17-3-6-20(19(23)13-17)26-14-16(11-15-1-4-18(24)5-2-15)12-21(26)25-7-9-27-10-8-25/h1-6,12-14H,7-11H2. The van der Waals surface area contributed by atoms with Crippen molar-refractivity contribution in [3.8, 4) is 5.69 Å². The van der Waals surface area contributed by atoms with Gasteiger partial charge in [-0.25, -0.2) is 4.39 Å². The molecule has 1 aromatic heterocycles. The lowest BCUT2D eigenvalue weighted by Crippen LogP contribution is -2.33. The Kier molecular flexibility index (Phi) is 5.67. The fraction of sp³-hybridized carbons (Fsp3) is 0.238. The van der Waals surface area contributed by atoms with Gasteiger partial charge in [-0.2, -0.15) is 11.8 Å². The van der Waals surface area contributed by atoms with Crippen LogP contribution in [0, 0.1) is 5.82 Å². The van der Waals surface area contributed by atoms with E-state index in [0.717, 1.165) is 48.1 Å². The molecule has 0 bridgehead atoms. The number of benzene rings is 2. The van der Waals surface area contributed by atoms with E-state index < -0.39 is 0 Å². The second kappa shape index (κ2) is 8.17. The van der Waals surface area contributed by atoms with E-state index in [0.29, 0.717) is 10.0 Å². The lowest BCUT2D eigenvalue weighted by Gasteiger charge is -2.29. The summed E-state index contributed by atoms with van der Waals surface area (Å²) in [4.78, 5) is 2.40. The highest BCUT2D eigenvalue weighted by molar-refractivity contribution is 7.99. The summed E-state index contributed by atoms with van der Waals surface area (Å²) in [5.41, 5.74) is 3.16. The number of nitrogens with zero attached hydrogens (tertiary/aromatic N) is 2. The number of rotatable bonds is 4. The number of hydrogen-bond acceptors (Lipinski definition) is 2. The molecule has 1 aliphatic heterocycles. The average molecular weight is 421 g/mol. The minimum atomic E-state index is -0.212. The van der Waals surface area contributed by atoms with Gasteiger partial charge in [0.15, 0.2) is 0 Å². The van der Waals surface area contributed by atoms with Crippen molar-refractivity contribution in [3.05, 3.63) is 81.7 Å². The first kappa shape index (κ1) is 18.7. The number of hydrogen-bond donors (Lipinski definition) is 0. The van der Waals surface area contributed by atoms with Crippen molar-refractivity contribution < 1.29 is 4.39 Å². The van der Waals surface area contributed by atoms with Gasteiger partial charge in [0.2, 0.25) is 0 Å². The normalized spacial score (nSPS) is 14.6. The molecule has 0 unspecified atom stereocenters. The van der Waals surface area contributed by atoms with Gasteiger partial charge in [-0.05, 0) is 53.9 Å². The Morgan fingerprint density at radius 1 is 0.926 bits per heavy atom. The van der Waals surface area contributed by atoms with Gasteiger partial charge in [0.1, 0.15) is 11.6 Å². The van der Waals surface area contributed by atoms with Crippen LogP contribution in [0.2, 0.25) is 10.0 Å². The number of anilines is 1. The van der Waals surface area contributed by atoms with Gasteiger partial charge in [-0.3, -0.25) is 0 Å². The van der Waals surface area contributed by atoms with Crippen molar-refractivity contribution in [2.45, 2.75) is 6.42 Å². The van der Waals surface area contributed by atoms with Gasteiger partial charge < -0.3 is 9.47 Å². The summed E-state index contributed by atoms with van der Waals surface area (Å²) in [6, 6.07) is 14.5. The fourth-order valence-electron chi connectivity index (χ4n) is 3.34. The van der Waals surface area contributed by atoms with Crippen molar-refractivity contribution in [2.75, 3.05) is 29.5 Å². The zero-order valence-electron chi connectivity index (χ0n) is 14.7. The van der Waals surface area contributed by atoms with E-state index in [1.54, 1.807) is 6.07 Å². The summed E-state index contributed by atoms with van der Waals surface area (Å²) in [6.07, 6.45) is 2.86. The quantitative estimate of drug-likeness (QED) is 0.506. The molecule has 4 rings (SSSR count). The lowest BCUT2D eigenvalue weighted by atomic mass is 10.1. The molecule has 0 radical (unpaired) electrons. The van der Waals surface area contributed by atoms with Crippen molar-refractivity contribution >= 4 is 40.8 Å². The highest BCUT2D eigenvalue weighted by atomic mass is 35.5. The topological polar surface area (TPSA) is 8.17 Å². The third-order valence-corrected chi connectivity index (χ3v) is 6.16. The molecular formula is C21H19Cl2FN2S. The monoisotopic (exact) mass is 420 g/mol. The van der Waals surface area contributed by atoms with E-state index in [9.17, 15) is 4.39 Å². The van der Waals surface area contributed by atoms with Crippen molar-refractivity contribution in [2.24, 2.45) is 0 Å². The summed E-state index contributed by atoms with van der Waals surface area (Å²) in [5.74, 6) is 3.16. The molecule has 2 nitrogen and oxygen atoms in total. The molecule has 3 aromatic rings. The van der Waals surface area contributed by atoms with Gasteiger partial charge in [-0.15, -0.1) is 0 Å². The van der Waals surface area contributed by atoms with Gasteiger partial charge >= 0.3 is 0 Å². The zero-order chi connectivity index (χ0) is 18.8. The van der Waals surface area contributed by atoms with Crippen LogP contribution in [0.1, 0.15) is 11.1 Å². The summed E-state index contributed by atoms with van der Waals surface area (Å²) < 4.78 is 15.3. The first-order valence-electron chi connectivity index (χ1n) is 8.84. The molecule has 6 heteroatoms. The van der Waals surface area contributed by atoms with E-state index >= 15 is 0 Å². The lowest BCUT2D eigenvalue weighted by molar-refractivity contribution is 0.627. The van der Waals surface area contributed by atoms with Crippen LogP contribution in [0.4, 0.5) is 10.2 Å². The SMILES string of the molecule is Fc1ccc(Cc2cc(N3CCSCC3)n(-c3ccc(Cl)cc3Cl)c2)cc1. The van der Waals surface area contributed by atoms with Gasteiger partial charge in [0.25, 0.3) is 0 Å². The first-order valence-corrected chi connectivity index (χ1v) is 10.7. The van der Waals surface area contributed by atoms with Crippen LogP contribution < -0.4 is 4.90 Å². The van der Waals surface area contributed by atoms with Crippen LogP contribution in [0.15, 0.2) is 54.7 Å². The fourth-order valence-corrected chi connectivity index (χ4v) is 4.75. The first-order chi connectivity index (χ1) is 13.1.